The first-order valence-electron chi connectivity index (χ1n) is 8.48. The molecule has 0 aromatic heterocycles. The van der Waals surface area contributed by atoms with Crippen LogP contribution in [0.15, 0.2) is 18.2 Å². The SMILES string of the molecule is CC.CN(C)C1(CCc2cc(Cl)cc(C(F)(F)F)c2)CCCNC1. The maximum Gasteiger partial charge on any atom is 0.416 e. The fraction of sp³-hybridized carbons (Fsp3) is 0.667. The van der Waals surface area contributed by atoms with E-state index in [0.29, 0.717) is 12.0 Å². The van der Waals surface area contributed by atoms with Crippen molar-refractivity contribution in [2.24, 2.45) is 0 Å². The number of aryl methyl sites for hydroxylation is 1. The van der Waals surface area contributed by atoms with Crippen LogP contribution >= 0.6 is 11.6 Å². The summed E-state index contributed by atoms with van der Waals surface area (Å²) in [4.78, 5) is 2.19. The van der Waals surface area contributed by atoms with Crippen LogP contribution in [0.3, 0.4) is 0 Å². The Morgan fingerprint density at radius 2 is 1.88 bits per heavy atom. The zero-order chi connectivity index (χ0) is 18.4. The van der Waals surface area contributed by atoms with Gasteiger partial charge in [-0.15, -0.1) is 0 Å². The maximum atomic E-state index is 12.9. The minimum atomic E-state index is -4.36. The van der Waals surface area contributed by atoms with Crippen LogP contribution < -0.4 is 5.32 Å². The van der Waals surface area contributed by atoms with Crippen LogP contribution in [-0.2, 0) is 12.6 Å². The monoisotopic (exact) mass is 364 g/mol. The lowest BCUT2D eigenvalue weighted by Crippen LogP contribution is -2.55. The second-order valence-corrected chi connectivity index (χ2v) is 6.68. The van der Waals surface area contributed by atoms with Gasteiger partial charge < -0.3 is 10.2 Å². The van der Waals surface area contributed by atoms with Gasteiger partial charge in [0.05, 0.1) is 5.56 Å². The number of piperidine rings is 1. The normalized spacial score (nSPS) is 21.4. The first-order valence-corrected chi connectivity index (χ1v) is 8.86. The zero-order valence-electron chi connectivity index (χ0n) is 14.9. The average Bonchev–Trinajstić information content (AvgIpc) is 2.54. The van der Waals surface area contributed by atoms with Crippen LogP contribution in [0.5, 0.6) is 0 Å². The van der Waals surface area contributed by atoms with Crippen molar-refractivity contribution < 1.29 is 13.2 Å². The van der Waals surface area contributed by atoms with E-state index in [1.165, 1.54) is 6.07 Å². The Kier molecular flexibility index (Phi) is 8.03. The molecular formula is C18H28ClF3N2. The first-order chi connectivity index (χ1) is 11.2. The maximum absolute atomic E-state index is 12.9. The number of likely N-dealkylation sites (N-methyl/N-ethyl adjacent to an activating group) is 1. The number of benzene rings is 1. The second-order valence-electron chi connectivity index (χ2n) is 6.25. The Labute approximate surface area is 148 Å². The summed E-state index contributed by atoms with van der Waals surface area (Å²) >= 11 is 5.85. The van der Waals surface area contributed by atoms with Crippen molar-refractivity contribution in [1.82, 2.24) is 10.2 Å². The molecule has 6 heteroatoms. The number of halogens is 4. The van der Waals surface area contributed by atoms with Gasteiger partial charge >= 0.3 is 6.18 Å². The number of hydrogen-bond acceptors (Lipinski definition) is 2. The Hall–Kier alpha value is -0.780. The summed E-state index contributed by atoms with van der Waals surface area (Å²) in [5.41, 5.74) is -0.0267. The summed E-state index contributed by atoms with van der Waals surface area (Å²) in [5.74, 6) is 0. The molecule has 0 bridgehead atoms. The Balaban J connectivity index is 0.00000139. The summed E-state index contributed by atoms with van der Waals surface area (Å²) in [7, 11) is 4.07. The van der Waals surface area contributed by atoms with Gasteiger partial charge in [-0.05, 0) is 70.1 Å². The summed E-state index contributed by atoms with van der Waals surface area (Å²) in [6.07, 6.45) is -0.819. The molecule has 2 rings (SSSR count). The predicted molar refractivity (Wildman–Crippen MR) is 94.6 cm³/mol. The number of rotatable bonds is 4. The molecule has 1 atom stereocenters. The van der Waals surface area contributed by atoms with E-state index in [-0.39, 0.29) is 10.6 Å². The molecule has 1 unspecified atom stereocenters. The molecule has 138 valence electrons. The van der Waals surface area contributed by atoms with Gasteiger partial charge in [-0.3, -0.25) is 0 Å². The number of alkyl halides is 3. The highest BCUT2D eigenvalue weighted by atomic mass is 35.5. The summed E-state index contributed by atoms with van der Waals surface area (Å²) < 4.78 is 38.6. The molecule has 1 aliphatic rings. The highest BCUT2D eigenvalue weighted by molar-refractivity contribution is 6.30. The molecule has 0 aliphatic carbocycles. The summed E-state index contributed by atoms with van der Waals surface area (Å²) in [6, 6.07) is 3.83. The van der Waals surface area contributed by atoms with Crippen molar-refractivity contribution in [3.63, 3.8) is 0 Å². The van der Waals surface area contributed by atoms with Crippen molar-refractivity contribution in [1.29, 1.82) is 0 Å². The Bertz CT molecular complexity index is 509. The number of nitrogens with zero attached hydrogens (tertiary/aromatic N) is 1. The first kappa shape index (κ1) is 21.3. The molecule has 0 spiro atoms. The lowest BCUT2D eigenvalue weighted by atomic mass is 9.83. The van der Waals surface area contributed by atoms with Crippen molar-refractivity contribution in [3.8, 4) is 0 Å². The van der Waals surface area contributed by atoms with Gasteiger partial charge in [-0.2, -0.15) is 13.2 Å². The summed E-state index contributed by atoms with van der Waals surface area (Å²) in [6.45, 7) is 5.87. The van der Waals surface area contributed by atoms with Crippen molar-refractivity contribution in [2.45, 2.75) is 51.2 Å². The van der Waals surface area contributed by atoms with Gasteiger partial charge in [-0.1, -0.05) is 25.4 Å². The molecule has 1 saturated heterocycles. The molecule has 1 fully saturated rings. The third-order valence-electron chi connectivity index (χ3n) is 4.56. The molecule has 0 amide bonds. The van der Waals surface area contributed by atoms with Gasteiger partial charge in [-0.25, -0.2) is 0 Å². The quantitative estimate of drug-likeness (QED) is 0.808. The van der Waals surface area contributed by atoms with Gasteiger partial charge in [0.15, 0.2) is 0 Å². The van der Waals surface area contributed by atoms with Crippen LogP contribution in [-0.4, -0.2) is 37.6 Å². The van der Waals surface area contributed by atoms with Crippen molar-refractivity contribution in [2.75, 3.05) is 27.2 Å². The van der Waals surface area contributed by atoms with E-state index >= 15 is 0 Å². The van der Waals surface area contributed by atoms with Crippen LogP contribution in [0, 0.1) is 0 Å². The predicted octanol–water partition coefficient (Wildman–Crippen LogP) is 5.00. The van der Waals surface area contributed by atoms with E-state index in [1.54, 1.807) is 6.07 Å². The van der Waals surface area contributed by atoms with E-state index in [4.69, 9.17) is 11.6 Å². The number of nitrogens with one attached hydrogen (secondary N) is 1. The molecule has 1 aromatic rings. The molecule has 0 saturated carbocycles. The van der Waals surface area contributed by atoms with E-state index < -0.39 is 11.7 Å². The van der Waals surface area contributed by atoms with Crippen molar-refractivity contribution in [3.05, 3.63) is 34.3 Å². The van der Waals surface area contributed by atoms with Gasteiger partial charge in [0, 0.05) is 17.1 Å². The molecule has 0 radical (unpaired) electrons. The van der Waals surface area contributed by atoms with Crippen LogP contribution in [0.25, 0.3) is 0 Å². The largest absolute Gasteiger partial charge is 0.416 e. The highest BCUT2D eigenvalue weighted by Crippen LogP contribution is 2.33. The van der Waals surface area contributed by atoms with E-state index in [1.807, 2.05) is 27.9 Å². The van der Waals surface area contributed by atoms with E-state index in [0.717, 1.165) is 38.4 Å². The van der Waals surface area contributed by atoms with E-state index in [2.05, 4.69) is 10.2 Å². The van der Waals surface area contributed by atoms with Crippen LogP contribution in [0.1, 0.15) is 44.2 Å². The minimum Gasteiger partial charge on any atom is -0.315 e. The average molecular weight is 365 g/mol. The fourth-order valence-electron chi connectivity index (χ4n) is 3.11. The molecule has 1 N–H and O–H groups in total. The fourth-order valence-corrected chi connectivity index (χ4v) is 3.36. The number of hydrogen-bond donors (Lipinski definition) is 1. The summed E-state index contributed by atoms with van der Waals surface area (Å²) in [5, 5.41) is 3.54. The molecule has 1 heterocycles. The minimum absolute atomic E-state index is 0.00103. The Morgan fingerprint density at radius 1 is 1.21 bits per heavy atom. The standard InChI is InChI=1S/C16H22ClF3N2.C2H6/c1-22(2)15(5-3-7-21-11-15)6-4-12-8-13(16(18,19)20)10-14(17)9-12;1-2/h8-10,21H,3-7,11H2,1-2H3;1-2H3. The zero-order valence-corrected chi connectivity index (χ0v) is 15.7. The lowest BCUT2D eigenvalue weighted by molar-refractivity contribution is -0.137. The van der Waals surface area contributed by atoms with Gasteiger partial charge in [0.2, 0.25) is 0 Å². The topological polar surface area (TPSA) is 15.3 Å². The van der Waals surface area contributed by atoms with Gasteiger partial charge in [0.1, 0.15) is 0 Å². The molecule has 1 aromatic carbocycles. The lowest BCUT2D eigenvalue weighted by Gasteiger charge is -2.43. The van der Waals surface area contributed by atoms with Gasteiger partial charge in [0.25, 0.3) is 0 Å². The molecule has 2 nitrogen and oxygen atoms in total. The Morgan fingerprint density at radius 3 is 2.38 bits per heavy atom. The third kappa shape index (κ3) is 5.64. The van der Waals surface area contributed by atoms with Crippen LogP contribution in [0.4, 0.5) is 13.2 Å². The van der Waals surface area contributed by atoms with E-state index in [9.17, 15) is 13.2 Å². The molecule has 24 heavy (non-hydrogen) atoms. The van der Waals surface area contributed by atoms with Crippen molar-refractivity contribution >= 4 is 11.6 Å². The molecule has 1 aliphatic heterocycles. The molecular weight excluding hydrogens is 337 g/mol. The third-order valence-corrected chi connectivity index (χ3v) is 4.78. The van der Waals surface area contributed by atoms with Crippen LogP contribution in [0.2, 0.25) is 5.02 Å². The smallest absolute Gasteiger partial charge is 0.315 e. The highest BCUT2D eigenvalue weighted by Gasteiger charge is 2.34. The second kappa shape index (κ2) is 9.07.